The van der Waals surface area contributed by atoms with Crippen LogP contribution in [-0.4, -0.2) is 13.4 Å². The smallest absolute Gasteiger partial charge is 0.262 e. The minimum Gasteiger partial charge on any atom is -0.280 e. The lowest BCUT2D eigenvalue weighted by Crippen LogP contribution is -2.13. The quantitative estimate of drug-likeness (QED) is 0.801. The maximum Gasteiger partial charge on any atom is 0.262 e. The molecule has 3 rings (SSSR count). The van der Waals surface area contributed by atoms with Crippen molar-refractivity contribution in [3.8, 4) is 0 Å². The van der Waals surface area contributed by atoms with Gasteiger partial charge in [-0.15, -0.1) is 0 Å². The number of aromatic nitrogens is 1. The number of nitrogens with zero attached hydrogens (tertiary/aromatic N) is 1. The predicted molar refractivity (Wildman–Crippen MR) is 88.4 cm³/mol. The van der Waals surface area contributed by atoms with E-state index in [1.54, 1.807) is 42.7 Å². The van der Waals surface area contributed by atoms with Gasteiger partial charge in [-0.1, -0.05) is 31.2 Å². The van der Waals surface area contributed by atoms with Crippen molar-refractivity contribution in [2.45, 2.75) is 18.2 Å². The van der Waals surface area contributed by atoms with Crippen molar-refractivity contribution in [2.24, 2.45) is 0 Å². The van der Waals surface area contributed by atoms with Gasteiger partial charge in [-0.25, -0.2) is 8.42 Å². The van der Waals surface area contributed by atoms with E-state index < -0.39 is 10.0 Å². The highest BCUT2D eigenvalue weighted by Crippen LogP contribution is 2.24. The lowest BCUT2D eigenvalue weighted by atomic mass is 10.2. The SMILES string of the molecule is CCc1ccc(NS(=O)(=O)c2cccc3cnccc23)cc1. The molecule has 112 valence electrons. The van der Waals surface area contributed by atoms with Crippen molar-refractivity contribution in [1.82, 2.24) is 4.98 Å². The summed E-state index contributed by atoms with van der Waals surface area (Å²) in [5.41, 5.74) is 1.72. The second kappa shape index (κ2) is 5.77. The minimum atomic E-state index is -3.64. The second-order valence-electron chi connectivity index (χ2n) is 5.01. The lowest BCUT2D eigenvalue weighted by molar-refractivity contribution is 0.602. The van der Waals surface area contributed by atoms with Gasteiger partial charge >= 0.3 is 0 Å². The lowest BCUT2D eigenvalue weighted by Gasteiger charge is -2.10. The van der Waals surface area contributed by atoms with E-state index in [4.69, 9.17) is 0 Å². The molecule has 0 aliphatic heterocycles. The van der Waals surface area contributed by atoms with Crippen LogP contribution in [0.25, 0.3) is 10.8 Å². The number of hydrogen-bond donors (Lipinski definition) is 1. The molecule has 0 saturated carbocycles. The van der Waals surface area contributed by atoms with Gasteiger partial charge in [-0.05, 0) is 36.2 Å². The van der Waals surface area contributed by atoms with E-state index in [9.17, 15) is 8.42 Å². The third-order valence-electron chi connectivity index (χ3n) is 3.54. The molecule has 0 aliphatic rings. The van der Waals surface area contributed by atoms with Crippen LogP contribution >= 0.6 is 0 Å². The summed E-state index contributed by atoms with van der Waals surface area (Å²) in [4.78, 5) is 4.28. The van der Waals surface area contributed by atoms with E-state index in [1.165, 1.54) is 5.56 Å². The van der Waals surface area contributed by atoms with Gasteiger partial charge in [-0.3, -0.25) is 9.71 Å². The highest BCUT2D eigenvalue weighted by atomic mass is 32.2. The Morgan fingerprint density at radius 2 is 1.82 bits per heavy atom. The largest absolute Gasteiger partial charge is 0.280 e. The molecule has 0 bridgehead atoms. The van der Waals surface area contributed by atoms with Crippen molar-refractivity contribution >= 4 is 26.5 Å². The molecule has 2 aromatic carbocycles. The van der Waals surface area contributed by atoms with Gasteiger partial charge in [0.05, 0.1) is 4.90 Å². The summed E-state index contributed by atoms with van der Waals surface area (Å²) in [6.07, 6.45) is 4.17. The number of rotatable bonds is 4. The fraction of sp³-hybridized carbons (Fsp3) is 0.118. The van der Waals surface area contributed by atoms with E-state index in [2.05, 4.69) is 16.6 Å². The van der Waals surface area contributed by atoms with Gasteiger partial charge in [-0.2, -0.15) is 0 Å². The summed E-state index contributed by atoms with van der Waals surface area (Å²) >= 11 is 0. The van der Waals surface area contributed by atoms with Crippen LogP contribution in [0.4, 0.5) is 5.69 Å². The first-order valence-corrected chi connectivity index (χ1v) is 8.53. The molecule has 1 heterocycles. The Labute approximate surface area is 129 Å². The normalized spacial score (nSPS) is 11.5. The number of pyridine rings is 1. The molecule has 0 radical (unpaired) electrons. The molecule has 22 heavy (non-hydrogen) atoms. The summed E-state index contributed by atoms with van der Waals surface area (Å²) in [5, 5.41) is 1.46. The predicted octanol–water partition coefficient (Wildman–Crippen LogP) is 3.60. The molecule has 0 amide bonds. The Morgan fingerprint density at radius 3 is 2.55 bits per heavy atom. The Kier molecular flexibility index (Phi) is 3.81. The van der Waals surface area contributed by atoms with Gasteiger partial charge in [0.25, 0.3) is 10.0 Å². The van der Waals surface area contributed by atoms with Crippen molar-refractivity contribution in [3.05, 3.63) is 66.5 Å². The van der Waals surface area contributed by atoms with Crippen LogP contribution in [0.5, 0.6) is 0 Å². The van der Waals surface area contributed by atoms with E-state index >= 15 is 0 Å². The molecule has 4 nitrogen and oxygen atoms in total. The fourth-order valence-electron chi connectivity index (χ4n) is 2.35. The average molecular weight is 312 g/mol. The first-order chi connectivity index (χ1) is 10.6. The molecule has 0 atom stereocenters. The molecule has 0 aliphatic carbocycles. The number of benzene rings is 2. The third kappa shape index (κ3) is 2.80. The van der Waals surface area contributed by atoms with E-state index in [-0.39, 0.29) is 4.90 Å². The van der Waals surface area contributed by atoms with Crippen LogP contribution in [0.1, 0.15) is 12.5 Å². The second-order valence-corrected chi connectivity index (χ2v) is 6.66. The Balaban J connectivity index is 2.01. The summed E-state index contributed by atoms with van der Waals surface area (Å²) in [5.74, 6) is 0. The standard InChI is InChI=1S/C17H16N2O2S/c1-2-13-6-8-15(9-7-13)19-22(20,21)17-5-3-4-14-12-18-11-10-16(14)17/h3-12,19H,2H2,1H3. The maximum atomic E-state index is 12.6. The van der Waals surface area contributed by atoms with Crippen LogP contribution in [-0.2, 0) is 16.4 Å². The Morgan fingerprint density at radius 1 is 1.05 bits per heavy atom. The summed E-state index contributed by atoms with van der Waals surface area (Å²) < 4.78 is 27.9. The number of hydrogen-bond acceptors (Lipinski definition) is 3. The highest BCUT2D eigenvalue weighted by Gasteiger charge is 2.17. The van der Waals surface area contributed by atoms with Gasteiger partial charge in [0, 0.05) is 28.9 Å². The zero-order valence-electron chi connectivity index (χ0n) is 12.2. The third-order valence-corrected chi connectivity index (χ3v) is 4.98. The van der Waals surface area contributed by atoms with Crippen LogP contribution in [0.2, 0.25) is 0 Å². The first kappa shape index (κ1) is 14.5. The van der Waals surface area contributed by atoms with Crippen LogP contribution in [0.3, 0.4) is 0 Å². The number of anilines is 1. The summed E-state index contributed by atoms with van der Waals surface area (Å²) in [7, 11) is -3.64. The van der Waals surface area contributed by atoms with Crippen molar-refractivity contribution in [3.63, 3.8) is 0 Å². The van der Waals surface area contributed by atoms with Crippen molar-refractivity contribution in [1.29, 1.82) is 0 Å². The van der Waals surface area contributed by atoms with Gasteiger partial charge < -0.3 is 0 Å². The monoisotopic (exact) mass is 312 g/mol. The fourth-order valence-corrected chi connectivity index (χ4v) is 3.64. The van der Waals surface area contributed by atoms with E-state index in [0.29, 0.717) is 11.1 Å². The van der Waals surface area contributed by atoms with Gasteiger partial charge in [0.1, 0.15) is 0 Å². The van der Waals surface area contributed by atoms with Gasteiger partial charge in [0.15, 0.2) is 0 Å². The van der Waals surface area contributed by atoms with E-state index in [0.717, 1.165) is 11.8 Å². The van der Waals surface area contributed by atoms with Crippen LogP contribution < -0.4 is 4.72 Å². The molecular formula is C17H16N2O2S. The molecule has 0 fully saturated rings. The van der Waals surface area contributed by atoms with Crippen LogP contribution in [0, 0.1) is 0 Å². The van der Waals surface area contributed by atoms with Gasteiger partial charge in [0.2, 0.25) is 0 Å². The molecule has 0 saturated heterocycles. The summed E-state index contributed by atoms with van der Waals surface area (Å²) in [6.45, 7) is 2.06. The van der Waals surface area contributed by atoms with Crippen LogP contribution in [0.15, 0.2) is 65.8 Å². The number of fused-ring (bicyclic) bond motifs is 1. The average Bonchev–Trinajstić information content (AvgIpc) is 2.54. The molecule has 3 aromatic rings. The zero-order chi connectivity index (χ0) is 15.6. The highest BCUT2D eigenvalue weighted by molar-refractivity contribution is 7.93. The van der Waals surface area contributed by atoms with E-state index in [1.807, 2.05) is 18.2 Å². The van der Waals surface area contributed by atoms with Crippen molar-refractivity contribution in [2.75, 3.05) is 4.72 Å². The first-order valence-electron chi connectivity index (χ1n) is 7.04. The summed E-state index contributed by atoms with van der Waals surface area (Å²) in [6, 6.07) is 14.3. The molecule has 1 N–H and O–H groups in total. The molecule has 5 heteroatoms. The zero-order valence-corrected chi connectivity index (χ0v) is 13.0. The number of sulfonamides is 1. The topological polar surface area (TPSA) is 59.1 Å². The molecule has 0 unspecified atom stereocenters. The number of aryl methyl sites for hydroxylation is 1. The molecular weight excluding hydrogens is 296 g/mol. The minimum absolute atomic E-state index is 0.256. The molecule has 0 spiro atoms. The Bertz CT molecular complexity index is 898. The number of nitrogens with one attached hydrogen (secondary N) is 1. The Hall–Kier alpha value is -2.40. The maximum absolute atomic E-state index is 12.6. The van der Waals surface area contributed by atoms with Crippen molar-refractivity contribution < 1.29 is 8.42 Å². The molecule has 1 aromatic heterocycles.